The van der Waals surface area contributed by atoms with Gasteiger partial charge in [-0.3, -0.25) is 0 Å². The van der Waals surface area contributed by atoms with Gasteiger partial charge in [-0.15, -0.1) is 0 Å². The number of aromatic nitrogens is 1. The Kier molecular flexibility index (Phi) is 5.49. The Hall–Kier alpha value is -3.47. The molecule has 0 aliphatic rings. The lowest BCUT2D eigenvalue weighted by molar-refractivity contribution is -0.143. The molecular formula is C22H14F6N2. The molecule has 0 N–H and O–H groups in total. The van der Waals surface area contributed by atoms with Gasteiger partial charge in [-0.1, -0.05) is 6.08 Å². The molecule has 30 heavy (non-hydrogen) atoms. The van der Waals surface area contributed by atoms with Crippen molar-refractivity contribution in [1.82, 2.24) is 4.57 Å². The average molecular weight is 420 g/mol. The molecule has 2 nitrogen and oxygen atoms in total. The number of nitriles is 1. The maximum atomic E-state index is 13.3. The van der Waals surface area contributed by atoms with Gasteiger partial charge in [0.2, 0.25) is 0 Å². The Labute approximate surface area is 168 Å². The summed E-state index contributed by atoms with van der Waals surface area (Å²) in [6, 6.07) is 11.0. The van der Waals surface area contributed by atoms with Gasteiger partial charge in [-0.05, 0) is 67.1 Å². The van der Waals surface area contributed by atoms with Crippen LogP contribution < -0.4 is 0 Å². The highest BCUT2D eigenvalue weighted by Gasteiger charge is 2.37. The van der Waals surface area contributed by atoms with Crippen LogP contribution >= 0.6 is 0 Å². The predicted molar refractivity (Wildman–Crippen MR) is 101 cm³/mol. The molecule has 0 saturated heterocycles. The van der Waals surface area contributed by atoms with Crippen LogP contribution in [0.2, 0.25) is 0 Å². The highest BCUT2D eigenvalue weighted by Crippen LogP contribution is 2.40. The molecular weight excluding hydrogens is 406 g/mol. The molecule has 0 fully saturated rings. The van der Waals surface area contributed by atoms with E-state index in [2.05, 4.69) is 0 Å². The van der Waals surface area contributed by atoms with Gasteiger partial charge < -0.3 is 4.57 Å². The maximum absolute atomic E-state index is 13.3. The topological polar surface area (TPSA) is 28.7 Å². The average Bonchev–Trinajstić information content (AvgIpc) is 3.14. The van der Waals surface area contributed by atoms with E-state index in [1.165, 1.54) is 18.2 Å². The normalized spacial score (nSPS) is 12.3. The Morgan fingerprint density at radius 3 is 2.07 bits per heavy atom. The number of allylic oxidation sites excluding steroid dienone is 1. The van der Waals surface area contributed by atoms with Crippen molar-refractivity contribution in [3.05, 3.63) is 83.2 Å². The highest BCUT2D eigenvalue weighted by molar-refractivity contribution is 5.76. The zero-order chi connectivity index (χ0) is 22.1. The number of benzene rings is 2. The standard InChI is InChI=1S/C22H14F6N2/c1-2-4-18-5-3-8-30(18)20-7-6-14(13-29)9-19(20)15-10-16(21(23,24)25)12-17(11-15)22(26,27)28/h2-12H,1H3/b4-2-. The largest absolute Gasteiger partial charge is 0.416 e. The molecule has 0 bridgehead atoms. The minimum atomic E-state index is -4.97. The summed E-state index contributed by atoms with van der Waals surface area (Å²) in [4.78, 5) is 0. The van der Waals surface area contributed by atoms with Gasteiger partial charge in [0.05, 0.1) is 28.4 Å². The number of nitrogens with zero attached hydrogens (tertiary/aromatic N) is 2. The van der Waals surface area contributed by atoms with Gasteiger partial charge in [0, 0.05) is 17.5 Å². The molecule has 0 saturated carbocycles. The van der Waals surface area contributed by atoms with Crippen LogP contribution in [-0.2, 0) is 12.4 Å². The van der Waals surface area contributed by atoms with E-state index in [-0.39, 0.29) is 22.8 Å². The van der Waals surface area contributed by atoms with Crippen molar-refractivity contribution in [2.75, 3.05) is 0 Å². The number of hydrogen-bond acceptors (Lipinski definition) is 1. The minimum Gasteiger partial charge on any atom is -0.317 e. The Morgan fingerprint density at radius 2 is 1.53 bits per heavy atom. The van der Waals surface area contributed by atoms with Crippen molar-refractivity contribution in [1.29, 1.82) is 5.26 Å². The Morgan fingerprint density at radius 1 is 0.900 bits per heavy atom. The first kappa shape index (κ1) is 21.2. The molecule has 0 spiro atoms. The van der Waals surface area contributed by atoms with Crippen LogP contribution in [0.15, 0.2) is 60.8 Å². The van der Waals surface area contributed by atoms with Crippen molar-refractivity contribution < 1.29 is 26.3 Å². The summed E-state index contributed by atoms with van der Waals surface area (Å²) in [5.41, 5.74) is -1.91. The summed E-state index contributed by atoms with van der Waals surface area (Å²) in [6.07, 6.45) is -4.80. The summed E-state index contributed by atoms with van der Waals surface area (Å²) in [6.45, 7) is 1.78. The van der Waals surface area contributed by atoms with E-state index in [0.29, 0.717) is 23.5 Å². The van der Waals surface area contributed by atoms with E-state index in [1.54, 1.807) is 42.0 Å². The van der Waals surface area contributed by atoms with Crippen molar-refractivity contribution in [3.8, 4) is 22.9 Å². The SMILES string of the molecule is C/C=C\c1cccn1-c1ccc(C#N)cc1-c1cc(C(F)(F)F)cc(C(F)(F)F)c1. The van der Waals surface area contributed by atoms with E-state index in [9.17, 15) is 31.6 Å². The summed E-state index contributed by atoms with van der Waals surface area (Å²) < 4.78 is 81.4. The van der Waals surface area contributed by atoms with Gasteiger partial charge in [-0.2, -0.15) is 31.6 Å². The molecule has 3 rings (SSSR count). The molecule has 0 amide bonds. The zero-order valence-electron chi connectivity index (χ0n) is 15.5. The molecule has 0 radical (unpaired) electrons. The summed E-state index contributed by atoms with van der Waals surface area (Å²) >= 11 is 0. The lowest BCUT2D eigenvalue weighted by Crippen LogP contribution is -2.11. The third-order valence-electron chi connectivity index (χ3n) is 4.40. The molecule has 1 heterocycles. The molecule has 8 heteroatoms. The Bertz CT molecular complexity index is 1110. The smallest absolute Gasteiger partial charge is 0.317 e. The van der Waals surface area contributed by atoms with Gasteiger partial charge in [0.25, 0.3) is 0 Å². The first-order valence-electron chi connectivity index (χ1n) is 8.69. The van der Waals surface area contributed by atoms with E-state index in [4.69, 9.17) is 0 Å². The molecule has 0 aliphatic heterocycles. The van der Waals surface area contributed by atoms with Crippen LogP contribution in [0.3, 0.4) is 0 Å². The first-order valence-corrected chi connectivity index (χ1v) is 8.69. The predicted octanol–water partition coefficient (Wildman–Crippen LogP) is 7.09. The van der Waals surface area contributed by atoms with E-state index in [1.807, 2.05) is 6.07 Å². The third-order valence-corrected chi connectivity index (χ3v) is 4.40. The third kappa shape index (κ3) is 4.25. The zero-order valence-corrected chi connectivity index (χ0v) is 15.5. The van der Waals surface area contributed by atoms with Crippen molar-refractivity contribution in [3.63, 3.8) is 0 Å². The van der Waals surface area contributed by atoms with Crippen LogP contribution in [0.25, 0.3) is 22.9 Å². The Balaban J connectivity index is 2.35. The molecule has 0 aliphatic carbocycles. The second-order valence-corrected chi connectivity index (χ2v) is 6.44. The summed E-state index contributed by atoms with van der Waals surface area (Å²) in [5, 5.41) is 9.21. The van der Waals surface area contributed by atoms with Gasteiger partial charge in [0.15, 0.2) is 0 Å². The molecule has 0 unspecified atom stereocenters. The lowest BCUT2D eigenvalue weighted by Gasteiger charge is -2.17. The van der Waals surface area contributed by atoms with Crippen LogP contribution in [-0.4, -0.2) is 4.57 Å². The van der Waals surface area contributed by atoms with Crippen molar-refractivity contribution >= 4 is 6.08 Å². The van der Waals surface area contributed by atoms with Crippen LogP contribution in [0, 0.1) is 11.3 Å². The van der Waals surface area contributed by atoms with Crippen LogP contribution in [0.1, 0.15) is 29.3 Å². The lowest BCUT2D eigenvalue weighted by atomic mass is 9.96. The van der Waals surface area contributed by atoms with E-state index < -0.39 is 23.5 Å². The van der Waals surface area contributed by atoms with Gasteiger partial charge in [0.1, 0.15) is 0 Å². The number of rotatable bonds is 3. The molecule has 0 atom stereocenters. The van der Waals surface area contributed by atoms with Crippen molar-refractivity contribution in [2.24, 2.45) is 0 Å². The fraction of sp³-hybridized carbons (Fsp3) is 0.136. The van der Waals surface area contributed by atoms with E-state index >= 15 is 0 Å². The summed E-state index contributed by atoms with van der Waals surface area (Å²) in [5.74, 6) is 0. The monoisotopic (exact) mass is 420 g/mol. The summed E-state index contributed by atoms with van der Waals surface area (Å²) in [7, 11) is 0. The quantitative estimate of drug-likeness (QED) is 0.416. The number of alkyl halides is 6. The number of hydrogen-bond donors (Lipinski definition) is 0. The second-order valence-electron chi connectivity index (χ2n) is 6.44. The second kappa shape index (κ2) is 7.75. The van der Waals surface area contributed by atoms with Gasteiger partial charge in [-0.25, -0.2) is 0 Å². The highest BCUT2D eigenvalue weighted by atomic mass is 19.4. The molecule has 2 aromatic carbocycles. The van der Waals surface area contributed by atoms with Crippen LogP contribution in [0.5, 0.6) is 0 Å². The van der Waals surface area contributed by atoms with Crippen LogP contribution in [0.4, 0.5) is 26.3 Å². The first-order chi connectivity index (χ1) is 14.0. The number of halogens is 6. The fourth-order valence-electron chi connectivity index (χ4n) is 3.08. The minimum absolute atomic E-state index is 0.0765. The van der Waals surface area contributed by atoms with E-state index in [0.717, 1.165) is 0 Å². The fourth-order valence-corrected chi connectivity index (χ4v) is 3.08. The van der Waals surface area contributed by atoms with Crippen molar-refractivity contribution in [2.45, 2.75) is 19.3 Å². The molecule has 1 aromatic heterocycles. The van der Waals surface area contributed by atoms with Gasteiger partial charge >= 0.3 is 12.4 Å². The maximum Gasteiger partial charge on any atom is 0.416 e. The molecule has 3 aromatic rings. The molecule has 154 valence electrons.